The Kier molecular flexibility index (Phi) is 7.22. The summed E-state index contributed by atoms with van der Waals surface area (Å²) in [5.41, 5.74) is 7.22. The first-order valence-corrected chi connectivity index (χ1v) is 12.8. The SMILES string of the molecule is Nc1ccccc1-c1cc(NCCCN(N)S(=O)(=O)c2ccccc2C(F)(F)F)n2ncc(Br)c2n1. The number of alkyl halides is 3. The average Bonchev–Trinajstić information content (AvgIpc) is 3.22. The molecule has 0 spiro atoms. The first-order chi connectivity index (χ1) is 17.0. The molecule has 2 heterocycles. The fourth-order valence-corrected chi connectivity index (χ4v) is 5.24. The van der Waals surface area contributed by atoms with Crippen molar-refractivity contribution in [2.24, 2.45) is 5.84 Å². The van der Waals surface area contributed by atoms with Gasteiger partial charge in [-0.25, -0.2) is 13.4 Å². The molecule has 0 aliphatic carbocycles. The summed E-state index contributed by atoms with van der Waals surface area (Å²) < 4.78 is 67.9. The Morgan fingerprint density at radius 2 is 1.81 bits per heavy atom. The van der Waals surface area contributed by atoms with E-state index in [0.29, 0.717) is 37.8 Å². The molecule has 0 aliphatic rings. The van der Waals surface area contributed by atoms with Crippen LogP contribution in [0.3, 0.4) is 0 Å². The Labute approximate surface area is 213 Å². The highest BCUT2D eigenvalue weighted by Gasteiger charge is 2.38. The Morgan fingerprint density at radius 1 is 1.11 bits per heavy atom. The van der Waals surface area contributed by atoms with Crippen LogP contribution in [0.25, 0.3) is 16.9 Å². The molecule has 5 N–H and O–H groups in total. The Balaban J connectivity index is 1.50. The first kappa shape index (κ1) is 25.9. The molecule has 0 atom stereocenters. The van der Waals surface area contributed by atoms with Crippen molar-refractivity contribution in [3.63, 3.8) is 0 Å². The van der Waals surface area contributed by atoms with E-state index in [1.54, 1.807) is 22.8 Å². The third kappa shape index (κ3) is 5.16. The van der Waals surface area contributed by atoms with Crippen molar-refractivity contribution in [3.8, 4) is 11.3 Å². The molecule has 0 fully saturated rings. The molecular formula is C22H21BrF3N7O2S. The molecule has 0 aliphatic heterocycles. The second-order valence-corrected chi connectivity index (χ2v) is 10.4. The number of halogens is 4. The predicted octanol–water partition coefficient (Wildman–Crippen LogP) is 4.13. The van der Waals surface area contributed by atoms with Gasteiger partial charge in [0.1, 0.15) is 5.82 Å². The molecule has 14 heteroatoms. The fourth-order valence-electron chi connectivity index (χ4n) is 3.55. The highest BCUT2D eigenvalue weighted by Crippen LogP contribution is 2.35. The lowest BCUT2D eigenvalue weighted by molar-refractivity contribution is -0.139. The van der Waals surface area contributed by atoms with Crippen molar-refractivity contribution in [1.82, 2.24) is 19.0 Å². The number of nitrogen functional groups attached to an aromatic ring is 1. The lowest BCUT2D eigenvalue weighted by Gasteiger charge is -2.20. The molecule has 0 saturated carbocycles. The van der Waals surface area contributed by atoms with E-state index in [-0.39, 0.29) is 19.5 Å². The number of hydrazine groups is 1. The molecule has 190 valence electrons. The molecule has 2 aromatic carbocycles. The third-order valence-corrected chi connectivity index (χ3v) is 7.58. The van der Waals surface area contributed by atoms with E-state index in [1.165, 1.54) is 6.07 Å². The van der Waals surface area contributed by atoms with Gasteiger partial charge in [-0.05, 0) is 40.5 Å². The summed E-state index contributed by atoms with van der Waals surface area (Å²) in [7, 11) is -4.56. The number of para-hydroxylation sites is 1. The maximum absolute atomic E-state index is 13.3. The number of nitrogens with zero attached hydrogens (tertiary/aromatic N) is 4. The second kappa shape index (κ2) is 10.0. The van der Waals surface area contributed by atoms with E-state index < -0.39 is 26.7 Å². The van der Waals surface area contributed by atoms with Gasteiger partial charge in [-0.15, -0.1) is 4.41 Å². The quantitative estimate of drug-likeness (QED) is 0.123. The van der Waals surface area contributed by atoms with Gasteiger partial charge in [0, 0.05) is 30.4 Å². The summed E-state index contributed by atoms with van der Waals surface area (Å²) in [6, 6.07) is 12.9. The van der Waals surface area contributed by atoms with E-state index in [1.807, 2.05) is 18.2 Å². The molecule has 0 saturated heterocycles. The Bertz CT molecular complexity index is 1510. The van der Waals surface area contributed by atoms with Crippen molar-refractivity contribution in [2.45, 2.75) is 17.5 Å². The van der Waals surface area contributed by atoms with Crippen molar-refractivity contribution >= 4 is 43.1 Å². The topological polar surface area (TPSA) is 132 Å². The van der Waals surface area contributed by atoms with Crippen LogP contribution in [-0.2, 0) is 16.2 Å². The van der Waals surface area contributed by atoms with E-state index in [0.717, 1.165) is 17.7 Å². The summed E-state index contributed by atoms with van der Waals surface area (Å²) in [4.78, 5) is 3.72. The Hall–Kier alpha value is -3.20. The monoisotopic (exact) mass is 583 g/mol. The maximum atomic E-state index is 13.3. The predicted molar refractivity (Wildman–Crippen MR) is 133 cm³/mol. The van der Waals surface area contributed by atoms with Gasteiger partial charge >= 0.3 is 6.18 Å². The van der Waals surface area contributed by atoms with Gasteiger partial charge in [0.2, 0.25) is 0 Å². The van der Waals surface area contributed by atoms with E-state index >= 15 is 0 Å². The fraction of sp³-hybridized carbons (Fsp3) is 0.182. The zero-order valence-electron chi connectivity index (χ0n) is 18.6. The highest BCUT2D eigenvalue weighted by molar-refractivity contribution is 9.10. The molecule has 0 unspecified atom stereocenters. The van der Waals surface area contributed by atoms with Gasteiger partial charge < -0.3 is 11.1 Å². The minimum absolute atomic E-state index is 0.193. The molecule has 4 aromatic rings. The number of hydrogen-bond acceptors (Lipinski definition) is 7. The smallest absolute Gasteiger partial charge is 0.398 e. The molecule has 2 aromatic heterocycles. The number of nitrogens with one attached hydrogen (secondary N) is 1. The molecule has 4 rings (SSSR count). The molecule has 0 radical (unpaired) electrons. The molecule has 36 heavy (non-hydrogen) atoms. The minimum Gasteiger partial charge on any atom is -0.398 e. The van der Waals surface area contributed by atoms with Gasteiger partial charge in [-0.2, -0.15) is 22.8 Å². The molecular weight excluding hydrogens is 563 g/mol. The van der Waals surface area contributed by atoms with Crippen LogP contribution < -0.4 is 16.9 Å². The van der Waals surface area contributed by atoms with Gasteiger partial charge in [0.05, 0.1) is 26.8 Å². The van der Waals surface area contributed by atoms with Crippen molar-refractivity contribution in [1.29, 1.82) is 0 Å². The largest absolute Gasteiger partial charge is 0.417 e. The number of anilines is 2. The second-order valence-electron chi connectivity index (χ2n) is 7.73. The molecule has 9 nitrogen and oxygen atoms in total. The van der Waals surface area contributed by atoms with Gasteiger partial charge in [0.15, 0.2) is 5.65 Å². The van der Waals surface area contributed by atoms with Crippen LogP contribution in [0.5, 0.6) is 0 Å². The van der Waals surface area contributed by atoms with Crippen LogP contribution in [0, 0.1) is 0 Å². The van der Waals surface area contributed by atoms with Crippen LogP contribution in [0.4, 0.5) is 24.7 Å². The van der Waals surface area contributed by atoms with Crippen molar-refractivity contribution in [2.75, 3.05) is 24.1 Å². The highest BCUT2D eigenvalue weighted by atomic mass is 79.9. The summed E-state index contributed by atoms with van der Waals surface area (Å²) in [6.07, 6.45) is -3.06. The standard InChI is InChI=1S/C22H21BrF3N7O2S/c23-16-13-30-33-20(12-18(31-21(16)33)14-6-1-3-8-17(14)27)29-10-5-11-32(28)36(34,35)19-9-4-2-7-15(19)22(24,25)26/h1-4,6-9,12-13,29H,5,10-11,27-28H2. The number of nitrogens with two attached hydrogens (primary N) is 2. The molecule has 0 bridgehead atoms. The first-order valence-electron chi connectivity index (χ1n) is 10.6. The van der Waals surface area contributed by atoms with Crippen LogP contribution in [0.15, 0.2) is 70.2 Å². The summed E-state index contributed by atoms with van der Waals surface area (Å²) in [5.74, 6) is 6.24. The van der Waals surface area contributed by atoms with Gasteiger partial charge in [-0.1, -0.05) is 30.3 Å². The number of hydrogen-bond donors (Lipinski definition) is 3. The van der Waals surface area contributed by atoms with Crippen LogP contribution >= 0.6 is 15.9 Å². The number of fused-ring (bicyclic) bond motifs is 1. The van der Waals surface area contributed by atoms with Crippen molar-refractivity contribution < 1.29 is 21.6 Å². The van der Waals surface area contributed by atoms with E-state index in [2.05, 4.69) is 31.3 Å². The van der Waals surface area contributed by atoms with Gasteiger partial charge in [-0.3, -0.25) is 5.84 Å². The zero-order valence-corrected chi connectivity index (χ0v) is 21.0. The number of benzene rings is 2. The minimum atomic E-state index is -4.84. The summed E-state index contributed by atoms with van der Waals surface area (Å²) in [5, 5.41) is 7.43. The van der Waals surface area contributed by atoms with Crippen LogP contribution in [0.2, 0.25) is 0 Å². The van der Waals surface area contributed by atoms with Gasteiger partial charge in [0.25, 0.3) is 10.0 Å². The number of rotatable bonds is 8. The zero-order chi connectivity index (χ0) is 26.1. The lowest BCUT2D eigenvalue weighted by atomic mass is 10.1. The summed E-state index contributed by atoms with van der Waals surface area (Å²) in [6.45, 7) is 0.0154. The Morgan fingerprint density at radius 3 is 2.53 bits per heavy atom. The normalized spacial score (nSPS) is 12.4. The van der Waals surface area contributed by atoms with Crippen LogP contribution in [-0.4, -0.2) is 40.5 Å². The third-order valence-electron chi connectivity index (χ3n) is 5.31. The maximum Gasteiger partial charge on any atom is 0.417 e. The van der Waals surface area contributed by atoms with Crippen molar-refractivity contribution in [3.05, 3.63) is 70.8 Å². The summed E-state index contributed by atoms with van der Waals surface area (Å²) >= 11 is 3.42. The molecule has 0 amide bonds. The number of aromatic nitrogens is 3. The van der Waals surface area contributed by atoms with E-state index in [9.17, 15) is 21.6 Å². The average molecular weight is 584 g/mol. The lowest BCUT2D eigenvalue weighted by Crippen LogP contribution is -2.39. The number of sulfonamides is 1. The van der Waals surface area contributed by atoms with Crippen LogP contribution in [0.1, 0.15) is 12.0 Å². The van der Waals surface area contributed by atoms with E-state index in [4.69, 9.17) is 11.6 Å².